The normalized spacial score (nSPS) is 14.8. The van der Waals surface area contributed by atoms with Crippen LogP contribution >= 0.6 is 15.9 Å². The summed E-state index contributed by atoms with van der Waals surface area (Å²) in [5.41, 5.74) is 4.25. The van der Waals surface area contributed by atoms with Gasteiger partial charge < -0.3 is 9.15 Å². The van der Waals surface area contributed by atoms with E-state index in [1.54, 1.807) is 61.5 Å². The molecule has 1 fully saturated rings. The highest BCUT2D eigenvalue weighted by atomic mass is 79.9. The summed E-state index contributed by atoms with van der Waals surface area (Å²) in [6, 6.07) is 17.2. The van der Waals surface area contributed by atoms with Gasteiger partial charge in [0.15, 0.2) is 0 Å². The molecule has 4 rings (SSSR count). The minimum absolute atomic E-state index is 0.0291. The molecule has 7 nitrogen and oxygen atoms in total. The average molecular weight is 481 g/mol. The molecule has 1 saturated heterocycles. The van der Waals surface area contributed by atoms with Gasteiger partial charge in [0.05, 0.1) is 17.9 Å². The first-order chi connectivity index (χ1) is 15.0. The fraction of sp³-hybridized carbons (Fsp3) is 0.0870. The average Bonchev–Trinajstić information content (AvgIpc) is 3.34. The number of hydrazine groups is 1. The van der Waals surface area contributed by atoms with E-state index in [-0.39, 0.29) is 11.5 Å². The minimum atomic E-state index is -0.512. The monoisotopic (exact) mass is 480 g/mol. The van der Waals surface area contributed by atoms with Crippen LogP contribution in [0.15, 0.2) is 75.1 Å². The highest BCUT2D eigenvalue weighted by Crippen LogP contribution is 2.27. The third-order valence-electron chi connectivity index (χ3n) is 4.55. The van der Waals surface area contributed by atoms with Crippen LogP contribution in [0.3, 0.4) is 0 Å². The molecule has 2 heterocycles. The first kappa shape index (κ1) is 20.6. The number of hydrogen-bond donors (Lipinski definition) is 1. The van der Waals surface area contributed by atoms with Gasteiger partial charge in [0.2, 0.25) is 0 Å². The molecule has 0 atom stereocenters. The van der Waals surface area contributed by atoms with Gasteiger partial charge in [-0.2, -0.15) is 0 Å². The lowest BCUT2D eigenvalue weighted by molar-refractivity contribution is -0.117. The van der Waals surface area contributed by atoms with Crippen molar-refractivity contribution in [2.75, 3.05) is 11.6 Å². The Bertz CT molecular complexity index is 1200. The number of hydrogen-bond acceptors (Lipinski definition) is 5. The molecule has 156 valence electrons. The van der Waals surface area contributed by atoms with Crippen molar-refractivity contribution < 1.29 is 23.5 Å². The van der Waals surface area contributed by atoms with E-state index in [2.05, 4.69) is 21.4 Å². The molecule has 1 aliphatic heterocycles. The van der Waals surface area contributed by atoms with Crippen LogP contribution in [-0.2, 0) is 14.3 Å². The van der Waals surface area contributed by atoms with Gasteiger partial charge in [-0.1, -0.05) is 34.1 Å². The van der Waals surface area contributed by atoms with Gasteiger partial charge >= 0.3 is 5.97 Å². The molecule has 3 aromatic rings. The molecule has 0 bridgehead atoms. The van der Waals surface area contributed by atoms with Gasteiger partial charge in [-0.25, -0.2) is 9.80 Å². The maximum Gasteiger partial charge on any atom is 0.338 e. The third kappa shape index (κ3) is 4.29. The van der Waals surface area contributed by atoms with E-state index >= 15 is 0 Å². The van der Waals surface area contributed by atoms with E-state index in [4.69, 9.17) is 9.15 Å². The van der Waals surface area contributed by atoms with Crippen molar-refractivity contribution in [1.82, 2.24) is 5.43 Å². The zero-order chi connectivity index (χ0) is 22.0. The van der Waals surface area contributed by atoms with Crippen molar-refractivity contribution in [1.29, 1.82) is 0 Å². The van der Waals surface area contributed by atoms with Crippen molar-refractivity contribution in [3.8, 4) is 11.3 Å². The van der Waals surface area contributed by atoms with Crippen LogP contribution in [0.4, 0.5) is 5.69 Å². The van der Waals surface area contributed by atoms with Gasteiger partial charge in [-0.3, -0.25) is 15.0 Å². The van der Waals surface area contributed by atoms with E-state index < -0.39 is 11.8 Å². The minimum Gasteiger partial charge on any atom is -0.462 e. The van der Waals surface area contributed by atoms with E-state index in [0.717, 1.165) is 10.0 Å². The summed E-state index contributed by atoms with van der Waals surface area (Å²) < 4.78 is 11.5. The van der Waals surface area contributed by atoms with Crippen LogP contribution < -0.4 is 10.4 Å². The Labute approximate surface area is 186 Å². The Morgan fingerprint density at radius 3 is 2.61 bits per heavy atom. The van der Waals surface area contributed by atoms with Crippen LogP contribution in [0, 0.1) is 0 Å². The molecule has 0 spiro atoms. The predicted molar refractivity (Wildman–Crippen MR) is 118 cm³/mol. The topological polar surface area (TPSA) is 88.9 Å². The lowest BCUT2D eigenvalue weighted by Gasteiger charge is -2.14. The van der Waals surface area contributed by atoms with Crippen molar-refractivity contribution in [2.24, 2.45) is 0 Å². The number of furan rings is 1. The Kier molecular flexibility index (Phi) is 5.73. The van der Waals surface area contributed by atoms with E-state index in [1.807, 2.05) is 6.07 Å². The number of esters is 1. The number of carbonyl (C=O) groups is 3. The number of anilines is 1. The van der Waals surface area contributed by atoms with Gasteiger partial charge in [-0.15, -0.1) is 0 Å². The summed E-state index contributed by atoms with van der Waals surface area (Å²) in [6.45, 7) is 2.06. The number of halogens is 1. The number of amides is 2. The SMILES string of the molecule is CCOC(=O)c1ccc(-c2ccc(/C=C3/C(=O)NN(c4cccc(Br)c4)C3=O)o2)cc1. The Hall–Kier alpha value is -3.65. The summed E-state index contributed by atoms with van der Waals surface area (Å²) in [5.74, 6) is -0.475. The molecule has 0 unspecified atom stereocenters. The number of ether oxygens (including phenoxy) is 1. The Balaban J connectivity index is 1.55. The quantitative estimate of drug-likeness (QED) is 0.333. The second-order valence-electron chi connectivity index (χ2n) is 6.62. The smallest absolute Gasteiger partial charge is 0.338 e. The molecular formula is C23H17BrN2O5. The number of nitrogens with one attached hydrogen (secondary N) is 1. The van der Waals surface area contributed by atoms with Crippen molar-refractivity contribution >= 4 is 45.5 Å². The van der Waals surface area contributed by atoms with Gasteiger partial charge in [0, 0.05) is 10.0 Å². The lowest BCUT2D eigenvalue weighted by atomic mass is 10.1. The van der Waals surface area contributed by atoms with Crippen molar-refractivity contribution in [2.45, 2.75) is 6.92 Å². The maximum atomic E-state index is 12.7. The maximum absolute atomic E-state index is 12.7. The van der Waals surface area contributed by atoms with Crippen LogP contribution in [0.25, 0.3) is 17.4 Å². The highest BCUT2D eigenvalue weighted by Gasteiger charge is 2.34. The largest absolute Gasteiger partial charge is 0.462 e. The standard InChI is InChI=1S/C23H17BrN2O5/c1-2-30-23(29)15-8-6-14(7-9-15)20-11-10-18(31-20)13-19-21(27)25-26(22(19)28)17-5-3-4-16(24)12-17/h3-13H,2H2,1H3,(H,25,27)/b19-13-. The molecule has 0 aliphatic carbocycles. The second kappa shape index (κ2) is 8.61. The van der Waals surface area contributed by atoms with Crippen LogP contribution in [0.2, 0.25) is 0 Å². The Morgan fingerprint density at radius 2 is 1.90 bits per heavy atom. The molecular weight excluding hydrogens is 464 g/mol. The summed E-state index contributed by atoms with van der Waals surface area (Å²) in [6.07, 6.45) is 1.41. The predicted octanol–water partition coefficient (Wildman–Crippen LogP) is 4.35. The summed E-state index contributed by atoms with van der Waals surface area (Å²) in [5, 5.41) is 1.19. The second-order valence-corrected chi connectivity index (χ2v) is 7.53. The number of rotatable bonds is 5. The van der Waals surface area contributed by atoms with Crippen LogP contribution in [0.5, 0.6) is 0 Å². The summed E-state index contributed by atoms with van der Waals surface area (Å²) in [4.78, 5) is 36.9. The highest BCUT2D eigenvalue weighted by molar-refractivity contribution is 9.10. The molecule has 2 amide bonds. The number of nitrogens with zero attached hydrogens (tertiary/aromatic N) is 1. The van der Waals surface area contributed by atoms with Crippen LogP contribution in [0.1, 0.15) is 23.0 Å². The molecule has 1 aliphatic rings. The third-order valence-corrected chi connectivity index (χ3v) is 5.05. The molecule has 2 aromatic carbocycles. The van der Waals surface area contributed by atoms with Gasteiger partial charge in [-0.05, 0) is 55.5 Å². The number of benzene rings is 2. The zero-order valence-corrected chi connectivity index (χ0v) is 18.0. The molecule has 0 radical (unpaired) electrons. The van der Waals surface area contributed by atoms with Crippen molar-refractivity contribution in [3.05, 3.63) is 82.0 Å². The Morgan fingerprint density at radius 1 is 1.13 bits per heavy atom. The van der Waals surface area contributed by atoms with Gasteiger partial charge in [0.1, 0.15) is 17.1 Å². The molecule has 1 aromatic heterocycles. The molecule has 31 heavy (non-hydrogen) atoms. The van der Waals surface area contributed by atoms with Crippen molar-refractivity contribution in [3.63, 3.8) is 0 Å². The number of carbonyl (C=O) groups excluding carboxylic acids is 3. The van der Waals surface area contributed by atoms with E-state index in [1.165, 1.54) is 11.1 Å². The summed E-state index contributed by atoms with van der Waals surface area (Å²) in [7, 11) is 0. The fourth-order valence-electron chi connectivity index (χ4n) is 3.07. The molecule has 0 saturated carbocycles. The van der Waals surface area contributed by atoms with Crippen LogP contribution in [-0.4, -0.2) is 24.4 Å². The molecule has 8 heteroatoms. The first-order valence-electron chi connectivity index (χ1n) is 9.46. The van der Waals surface area contributed by atoms with Gasteiger partial charge in [0.25, 0.3) is 11.8 Å². The zero-order valence-electron chi connectivity index (χ0n) is 16.4. The molecule has 1 N–H and O–H groups in total. The fourth-order valence-corrected chi connectivity index (χ4v) is 3.45. The van der Waals surface area contributed by atoms with E-state index in [0.29, 0.717) is 29.4 Å². The summed E-state index contributed by atoms with van der Waals surface area (Å²) >= 11 is 3.35. The van der Waals surface area contributed by atoms with E-state index in [9.17, 15) is 14.4 Å². The first-order valence-corrected chi connectivity index (χ1v) is 10.3. The lowest BCUT2D eigenvalue weighted by Crippen LogP contribution is -2.35.